The minimum Gasteiger partial charge on any atom is -0.491 e. The van der Waals surface area contributed by atoms with Gasteiger partial charge in [0.2, 0.25) is 0 Å². The molecule has 4 nitrogen and oxygen atoms in total. The Morgan fingerprint density at radius 2 is 1.94 bits per heavy atom. The van der Waals surface area contributed by atoms with Gasteiger partial charge < -0.3 is 4.74 Å². The first-order valence-corrected chi connectivity index (χ1v) is 6.05. The summed E-state index contributed by atoms with van der Waals surface area (Å²) < 4.78 is 5.34. The second-order valence-corrected chi connectivity index (χ2v) is 4.32. The molecule has 0 amide bonds. The number of hydrogen-bond donors (Lipinski definition) is 1. The van der Waals surface area contributed by atoms with E-state index in [1.54, 1.807) is 18.2 Å². The van der Waals surface area contributed by atoms with E-state index in [9.17, 15) is 4.79 Å². The molecule has 0 aliphatic rings. The summed E-state index contributed by atoms with van der Waals surface area (Å²) in [6.07, 6.45) is 0. The number of H-pyrrole nitrogens is 1. The van der Waals surface area contributed by atoms with Crippen LogP contribution in [0.25, 0.3) is 11.3 Å². The van der Waals surface area contributed by atoms with E-state index in [1.165, 1.54) is 6.07 Å². The maximum absolute atomic E-state index is 10.9. The number of ether oxygens (including phenoxy) is 1. The third-order valence-corrected chi connectivity index (χ3v) is 2.82. The zero-order valence-corrected chi connectivity index (χ0v) is 11.0. The van der Waals surface area contributed by atoms with Crippen LogP contribution in [0.5, 0.6) is 5.75 Å². The Balaban J connectivity index is 2.47. The summed E-state index contributed by atoms with van der Waals surface area (Å²) in [6.45, 7) is 2.33. The fourth-order valence-electron chi connectivity index (χ4n) is 1.50. The van der Waals surface area contributed by atoms with Crippen LogP contribution in [0.2, 0.25) is 10.0 Å². The van der Waals surface area contributed by atoms with Crippen molar-refractivity contribution in [1.29, 1.82) is 0 Å². The Bertz CT molecular complexity index is 582. The summed E-state index contributed by atoms with van der Waals surface area (Å²) in [5.74, 6) is 0.453. The van der Waals surface area contributed by atoms with E-state index < -0.39 is 0 Å². The highest BCUT2D eigenvalue weighted by Crippen LogP contribution is 2.36. The maximum atomic E-state index is 10.9. The standard InChI is InChI=1S/C12H10Cl2N2O2/c1-2-18-12-8(13)5-7(6-9(12)14)10-3-4-11(17)16-15-10/h3-6H,2H2,1H3,(H,16,17). The molecule has 0 bridgehead atoms. The molecule has 0 spiro atoms. The van der Waals surface area contributed by atoms with Crippen molar-refractivity contribution in [2.24, 2.45) is 0 Å². The summed E-state index contributed by atoms with van der Waals surface area (Å²) in [6, 6.07) is 6.37. The molecular weight excluding hydrogens is 275 g/mol. The molecule has 1 heterocycles. The molecule has 0 saturated carbocycles. The lowest BCUT2D eigenvalue weighted by atomic mass is 10.1. The number of aromatic nitrogens is 2. The minimum absolute atomic E-state index is 0.262. The summed E-state index contributed by atoms with van der Waals surface area (Å²) in [4.78, 5) is 10.9. The zero-order chi connectivity index (χ0) is 13.1. The first kappa shape index (κ1) is 12.9. The van der Waals surface area contributed by atoms with Crippen molar-refractivity contribution in [3.63, 3.8) is 0 Å². The highest BCUT2D eigenvalue weighted by molar-refractivity contribution is 6.37. The van der Waals surface area contributed by atoms with Gasteiger partial charge in [-0.25, -0.2) is 5.10 Å². The van der Waals surface area contributed by atoms with Crippen LogP contribution in [-0.2, 0) is 0 Å². The van der Waals surface area contributed by atoms with Gasteiger partial charge in [0.05, 0.1) is 22.3 Å². The van der Waals surface area contributed by atoms with E-state index in [4.69, 9.17) is 27.9 Å². The molecule has 0 aliphatic heterocycles. The first-order valence-electron chi connectivity index (χ1n) is 5.29. The Hall–Kier alpha value is -1.52. The van der Waals surface area contributed by atoms with Gasteiger partial charge in [0.1, 0.15) is 0 Å². The van der Waals surface area contributed by atoms with Gasteiger partial charge in [-0.2, -0.15) is 5.10 Å². The Kier molecular flexibility index (Phi) is 3.89. The number of aromatic amines is 1. The minimum atomic E-state index is -0.262. The summed E-state index contributed by atoms with van der Waals surface area (Å²) >= 11 is 12.2. The number of nitrogens with one attached hydrogen (secondary N) is 1. The summed E-state index contributed by atoms with van der Waals surface area (Å²) in [5.41, 5.74) is 1.04. The average Bonchev–Trinajstić information content (AvgIpc) is 2.34. The van der Waals surface area contributed by atoms with Crippen molar-refractivity contribution in [2.45, 2.75) is 6.92 Å². The molecule has 0 radical (unpaired) electrons. The molecule has 0 fully saturated rings. The van der Waals surface area contributed by atoms with Crippen molar-refractivity contribution in [3.05, 3.63) is 44.7 Å². The van der Waals surface area contributed by atoms with Crippen molar-refractivity contribution < 1.29 is 4.74 Å². The van der Waals surface area contributed by atoms with E-state index in [1.807, 2.05) is 6.92 Å². The molecular formula is C12H10Cl2N2O2. The molecule has 0 atom stereocenters. The Morgan fingerprint density at radius 1 is 1.28 bits per heavy atom. The highest BCUT2D eigenvalue weighted by atomic mass is 35.5. The fourth-order valence-corrected chi connectivity index (χ4v) is 2.09. The number of rotatable bonds is 3. The maximum Gasteiger partial charge on any atom is 0.264 e. The van der Waals surface area contributed by atoms with Gasteiger partial charge in [-0.15, -0.1) is 0 Å². The average molecular weight is 285 g/mol. The SMILES string of the molecule is CCOc1c(Cl)cc(-c2ccc(=O)[nH]n2)cc1Cl. The third kappa shape index (κ3) is 2.66. The predicted molar refractivity (Wildman–Crippen MR) is 71.5 cm³/mol. The number of halogens is 2. The number of nitrogens with zero attached hydrogens (tertiary/aromatic N) is 1. The second-order valence-electron chi connectivity index (χ2n) is 3.51. The molecule has 0 unspecified atom stereocenters. The van der Waals surface area contributed by atoms with Crippen LogP contribution in [0.3, 0.4) is 0 Å². The first-order chi connectivity index (χ1) is 8.61. The summed E-state index contributed by atoms with van der Waals surface area (Å²) in [5, 5.41) is 7.08. The Morgan fingerprint density at radius 3 is 2.44 bits per heavy atom. The van der Waals surface area contributed by atoms with Crippen LogP contribution in [0.1, 0.15) is 6.92 Å². The molecule has 2 rings (SSSR count). The van der Waals surface area contributed by atoms with Crippen LogP contribution in [0.4, 0.5) is 0 Å². The molecule has 1 N–H and O–H groups in total. The van der Waals surface area contributed by atoms with Crippen molar-refractivity contribution in [2.75, 3.05) is 6.61 Å². The quantitative estimate of drug-likeness (QED) is 0.942. The lowest BCUT2D eigenvalue weighted by Gasteiger charge is -2.09. The van der Waals surface area contributed by atoms with E-state index in [2.05, 4.69) is 10.2 Å². The van der Waals surface area contributed by atoms with Crippen LogP contribution in [0, 0.1) is 0 Å². The van der Waals surface area contributed by atoms with Gasteiger partial charge in [-0.1, -0.05) is 23.2 Å². The van der Waals surface area contributed by atoms with E-state index in [0.717, 1.165) is 0 Å². The highest BCUT2D eigenvalue weighted by Gasteiger charge is 2.11. The van der Waals surface area contributed by atoms with Crippen molar-refractivity contribution >= 4 is 23.2 Å². The topological polar surface area (TPSA) is 55.0 Å². The number of hydrogen-bond acceptors (Lipinski definition) is 3. The molecule has 2 aromatic rings. The van der Waals surface area contributed by atoms with Gasteiger partial charge in [0.15, 0.2) is 5.75 Å². The van der Waals surface area contributed by atoms with Gasteiger partial charge >= 0.3 is 0 Å². The molecule has 18 heavy (non-hydrogen) atoms. The lowest BCUT2D eigenvalue weighted by Crippen LogP contribution is -2.05. The van der Waals surface area contributed by atoms with Crippen LogP contribution < -0.4 is 10.3 Å². The summed E-state index contributed by atoms with van der Waals surface area (Å²) in [7, 11) is 0. The number of benzene rings is 1. The largest absolute Gasteiger partial charge is 0.491 e. The van der Waals surface area contributed by atoms with Crippen molar-refractivity contribution in [1.82, 2.24) is 10.2 Å². The smallest absolute Gasteiger partial charge is 0.264 e. The van der Waals surface area contributed by atoms with Crippen molar-refractivity contribution in [3.8, 4) is 17.0 Å². The third-order valence-electron chi connectivity index (χ3n) is 2.26. The van der Waals surface area contributed by atoms with E-state index in [-0.39, 0.29) is 5.56 Å². The van der Waals surface area contributed by atoms with Gasteiger partial charge in [0.25, 0.3) is 5.56 Å². The van der Waals surface area contributed by atoms with Crippen LogP contribution >= 0.6 is 23.2 Å². The van der Waals surface area contributed by atoms with Gasteiger partial charge in [0, 0.05) is 11.6 Å². The molecule has 0 saturated heterocycles. The molecule has 94 valence electrons. The molecule has 1 aromatic heterocycles. The van der Waals surface area contributed by atoms with Gasteiger partial charge in [-0.05, 0) is 25.1 Å². The second kappa shape index (κ2) is 5.42. The monoisotopic (exact) mass is 284 g/mol. The van der Waals surface area contributed by atoms with Gasteiger partial charge in [-0.3, -0.25) is 4.79 Å². The molecule has 0 aliphatic carbocycles. The normalized spacial score (nSPS) is 10.4. The zero-order valence-electron chi connectivity index (χ0n) is 9.54. The molecule has 6 heteroatoms. The Labute approximate surface area is 114 Å². The van der Waals surface area contributed by atoms with E-state index >= 15 is 0 Å². The van der Waals surface area contributed by atoms with E-state index in [0.29, 0.717) is 33.7 Å². The lowest BCUT2D eigenvalue weighted by molar-refractivity contribution is 0.340. The van der Waals surface area contributed by atoms with Crippen LogP contribution in [0.15, 0.2) is 29.1 Å². The fraction of sp³-hybridized carbons (Fsp3) is 0.167. The predicted octanol–water partition coefficient (Wildman–Crippen LogP) is 3.14. The van der Waals surface area contributed by atoms with Crippen LogP contribution in [-0.4, -0.2) is 16.8 Å². The molecule has 1 aromatic carbocycles.